The molecule has 0 radical (unpaired) electrons. The molecule has 0 aliphatic carbocycles. The van der Waals surface area contributed by atoms with Crippen molar-refractivity contribution in [2.24, 2.45) is 0 Å². The van der Waals surface area contributed by atoms with Crippen molar-refractivity contribution in [3.63, 3.8) is 0 Å². The lowest BCUT2D eigenvalue weighted by Gasteiger charge is -2.07. The smallest absolute Gasteiger partial charge is 0.221 e. The van der Waals surface area contributed by atoms with Crippen LogP contribution in [0, 0.1) is 23.0 Å². The van der Waals surface area contributed by atoms with Gasteiger partial charge in [-0.15, -0.1) is 0 Å². The summed E-state index contributed by atoms with van der Waals surface area (Å²) in [5.41, 5.74) is 0.256. The zero-order valence-corrected chi connectivity index (χ0v) is 10.6. The summed E-state index contributed by atoms with van der Waals surface area (Å²) < 4.78 is 51.0. The van der Waals surface area contributed by atoms with E-state index in [9.17, 15) is 17.2 Å². The fraction of sp³-hybridized carbons (Fsp3) is 0.250. The molecule has 1 aliphatic rings. The summed E-state index contributed by atoms with van der Waals surface area (Å²) in [4.78, 5) is -1.36. The van der Waals surface area contributed by atoms with Gasteiger partial charge >= 0.3 is 0 Å². The molecule has 1 aliphatic heterocycles. The van der Waals surface area contributed by atoms with E-state index >= 15 is 0 Å². The number of nitrogens with one attached hydrogen (secondary N) is 1. The molecule has 0 unspecified atom stereocenters. The topological polar surface area (TPSA) is 70.0 Å². The van der Waals surface area contributed by atoms with E-state index in [1.165, 1.54) is 0 Å². The summed E-state index contributed by atoms with van der Waals surface area (Å²) in [6.07, 6.45) is 1.10. The Balaban J connectivity index is 2.62. The van der Waals surface area contributed by atoms with Gasteiger partial charge in [-0.25, -0.2) is 17.2 Å². The van der Waals surface area contributed by atoms with E-state index in [4.69, 9.17) is 5.26 Å². The monoisotopic (exact) mass is 284 g/mol. The van der Waals surface area contributed by atoms with Crippen molar-refractivity contribution < 1.29 is 17.2 Å². The minimum atomic E-state index is -4.35. The molecule has 1 N–H and O–H groups in total. The van der Waals surface area contributed by atoms with Crippen LogP contribution in [0.1, 0.15) is 12.8 Å². The van der Waals surface area contributed by atoms with Crippen LogP contribution in [-0.2, 0) is 9.84 Å². The highest BCUT2D eigenvalue weighted by molar-refractivity contribution is 7.95. The summed E-state index contributed by atoms with van der Waals surface area (Å²) in [6, 6.07) is 3.70. The Morgan fingerprint density at radius 3 is 2.68 bits per heavy atom. The lowest BCUT2D eigenvalue weighted by atomic mass is 10.3. The van der Waals surface area contributed by atoms with Crippen molar-refractivity contribution in [1.29, 1.82) is 5.26 Å². The molecule has 0 saturated carbocycles. The van der Waals surface area contributed by atoms with Crippen LogP contribution in [-0.4, -0.2) is 15.0 Å². The minimum Gasteiger partial charge on any atom is -0.387 e. The van der Waals surface area contributed by atoms with Gasteiger partial charge < -0.3 is 5.32 Å². The molecule has 0 aromatic heterocycles. The predicted octanol–water partition coefficient (Wildman–Crippen LogP) is 1.86. The highest BCUT2D eigenvalue weighted by Crippen LogP contribution is 2.27. The van der Waals surface area contributed by atoms with Crippen molar-refractivity contribution in [3.05, 3.63) is 40.4 Å². The SMILES string of the molecule is N#C/C(=C1/CCCN1)S(=O)(=O)c1cc(F)ccc1F. The number of sulfone groups is 1. The van der Waals surface area contributed by atoms with Gasteiger partial charge in [-0.05, 0) is 31.0 Å². The van der Waals surface area contributed by atoms with Gasteiger partial charge in [0.1, 0.15) is 22.6 Å². The molecule has 7 heteroatoms. The molecule has 0 spiro atoms. The standard InChI is InChI=1S/C12H10F2N2O2S/c13-8-3-4-9(14)11(6-8)19(17,18)12(7-15)10-2-1-5-16-10/h3-4,6,16H,1-2,5H2/b12-10+. The van der Waals surface area contributed by atoms with Crippen molar-refractivity contribution in [2.75, 3.05) is 6.54 Å². The zero-order valence-electron chi connectivity index (χ0n) is 9.78. The molecule has 1 fully saturated rings. The van der Waals surface area contributed by atoms with E-state index in [2.05, 4.69) is 5.32 Å². The molecule has 19 heavy (non-hydrogen) atoms. The molecule has 4 nitrogen and oxygen atoms in total. The van der Waals surface area contributed by atoms with Gasteiger partial charge in [0, 0.05) is 12.2 Å². The third-order valence-corrected chi connectivity index (χ3v) is 4.54. The quantitative estimate of drug-likeness (QED) is 0.841. The van der Waals surface area contributed by atoms with E-state index in [0.29, 0.717) is 25.5 Å². The van der Waals surface area contributed by atoms with Crippen molar-refractivity contribution in [1.82, 2.24) is 5.32 Å². The predicted molar refractivity (Wildman–Crippen MR) is 63.4 cm³/mol. The first kappa shape index (κ1) is 13.5. The van der Waals surface area contributed by atoms with Gasteiger partial charge in [-0.3, -0.25) is 0 Å². The maximum atomic E-state index is 13.6. The number of hydrogen-bond donors (Lipinski definition) is 1. The van der Waals surface area contributed by atoms with Crippen LogP contribution in [0.3, 0.4) is 0 Å². The highest BCUT2D eigenvalue weighted by Gasteiger charge is 2.29. The molecule has 1 aromatic carbocycles. The molecular weight excluding hydrogens is 274 g/mol. The third kappa shape index (κ3) is 2.44. The summed E-state index contributed by atoms with van der Waals surface area (Å²) in [5, 5.41) is 11.8. The Bertz CT molecular complexity index is 682. The van der Waals surface area contributed by atoms with Gasteiger partial charge in [0.15, 0.2) is 4.91 Å². The number of halogens is 2. The summed E-state index contributed by atoms with van der Waals surface area (Å²) in [7, 11) is -4.35. The van der Waals surface area contributed by atoms with Gasteiger partial charge in [-0.1, -0.05) is 0 Å². The Kier molecular flexibility index (Phi) is 3.53. The third-order valence-electron chi connectivity index (χ3n) is 2.77. The fourth-order valence-corrected chi connectivity index (χ4v) is 3.30. The van der Waals surface area contributed by atoms with E-state index in [1.807, 2.05) is 0 Å². The lowest BCUT2D eigenvalue weighted by Crippen LogP contribution is -2.14. The summed E-state index contributed by atoms with van der Waals surface area (Å²) in [6.45, 7) is 0.557. The first-order valence-corrected chi connectivity index (χ1v) is 7.02. The van der Waals surface area contributed by atoms with E-state index in [1.54, 1.807) is 6.07 Å². The zero-order chi connectivity index (χ0) is 14.0. The van der Waals surface area contributed by atoms with Crippen molar-refractivity contribution in [3.8, 4) is 6.07 Å². The van der Waals surface area contributed by atoms with Crippen LogP contribution in [0.15, 0.2) is 33.7 Å². The molecule has 1 saturated heterocycles. The number of hydrogen-bond acceptors (Lipinski definition) is 4. The Morgan fingerprint density at radius 2 is 2.11 bits per heavy atom. The molecule has 100 valence electrons. The minimum absolute atomic E-state index is 0.256. The second kappa shape index (κ2) is 4.97. The number of allylic oxidation sites excluding steroid dienone is 2. The number of nitrogens with zero attached hydrogens (tertiary/aromatic N) is 1. The van der Waals surface area contributed by atoms with Crippen LogP contribution < -0.4 is 5.32 Å². The van der Waals surface area contributed by atoms with E-state index in [-0.39, 0.29) is 5.70 Å². The summed E-state index contributed by atoms with van der Waals surface area (Å²) in [5.74, 6) is -1.95. The first-order valence-electron chi connectivity index (χ1n) is 5.54. The van der Waals surface area contributed by atoms with Crippen LogP contribution >= 0.6 is 0 Å². The molecule has 1 aromatic rings. The van der Waals surface area contributed by atoms with Crippen molar-refractivity contribution in [2.45, 2.75) is 17.7 Å². The normalized spacial score (nSPS) is 17.7. The fourth-order valence-electron chi connectivity index (χ4n) is 1.87. The van der Waals surface area contributed by atoms with Gasteiger partial charge in [0.05, 0.1) is 0 Å². The number of rotatable bonds is 2. The Morgan fingerprint density at radius 1 is 1.37 bits per heavy atom. The van der Waals surface area contributed by atoms with Crippen LogP contribution in [0.5, 0.6) is 0 Å². The number of nitriles is 1. The van der Waals surface area contributed by atoms with E-state index in [0.717, 1.165) is 12.1 Å². The maximum absolute atomic E-state index is 13.6. The largest absolute Gasteiger partial charge is 0.387 e. The Hall–Kier alpha value is -1.94. The van der Waals surface area contributed by atoms with Gasteiger partial charge in [-0.2, -0.15) is 5.26 Å². The van der Waals surface area contributed by atoms with Gasteiger partial charge in [0.2, 0.25) is 9.84 Å². The van der Waals surface area contributed by atoms with Gasteiger partial charge in [0.25, 0.3) is 0 Å². The molecule has 0 bridgehead atoms. The average Bonchev–Trinajstić information content (AvgIpc) is 2.86. The second-order valence-corrected chi connectivity index (χ2v) is 5.88. The highest BCUT2D eigenvalue weighted by atomic mass is 32.2. The van der Waals surface area contributed by atoms with Crippen molar-refractivity contribution >= 4 is 9.84 Å². The lowest BCUT2D eigenvalue weighted by molar-refractivity contribution is 0.556. The molecule has 2 rings (SSSR count). The first-order chi connectivity index (χ1) is 8.96. The Labute approximate surface area is 109 Å². The molecule has 1 heterocycles. The summed E-state index contributed by atoms with van der Waals surface area (Å²) >= 11 is 0. The van der Waals surface area contributed by atoms with Crippen LogP contribution in [0.2, 0.25) is 0 Å². The second-order valence-electron chi connectivity index (χ2n) is 4.03. The van der Waals surface area contributed by atoms with E-state index < -0.39 is 31.3 Å². The van der Waals surface area contributed by atoms with Crippen LogP contribution in [0.4, 0.5) is 8.78 Å². The molecular formula is C12H10F2N2O2S. The van der Waals surface area contributed by atoms with Crippen LogP contribution in [0.25, 0.3) is 0 Å². The molecule has 0 atom stereocenters. The molecule has 0 amide bonds. The average molecular weight is 284 g/mol. The maximum Gasteiger partial charge on any atom is 0.221 e. The number of benzene rings is 1.